The summed E-state index contributed by atoms with van der Waals surface area (Å²) in [5.74, 6) is -1.62. The Morgan fingerprint density at radius 1 is 1.11 bits per heavy atom. The van der Waals surface area contributed by atoms with Gasteiger partial charge in [0.2, 0.25) is 0 Å². The average Bonchev–Trinajstić information content (AvgIpc) is 2.34. The molecule has 0 heterocycles. The van der Waals surface area contributed by atoms with E-state index in [-0.39, 0.29) is 10.8 Å². The molecule has 0 aromatic heterocycles. The van der Waals surface area contributed by atoms with Crippen molar-refractivity contribution < 1.29 is 18.3 Å². The minimum absolute atomic E-state index is 0.160. The molecule has 2 nitrogen and oxygen atoms in total. The summed E-state index contributed by atoms with van der Waals surface area (Å²) < 4.78 is 31.5. The summed E-state index contributed by atoms with van der Waals surface area (Å²) >= 11 is 5.68. The molecular formula is C13H7ClF2O2. The Kier molecular flexibility index (Phi) is 3.58. The molecule has 0 aliphatic heterocycles. The molecule has 0 spiro atoms. The van der Waals surface area contributed by atoms with Gasteiger partial charge in [0.25, 0.3) is 0 Å². The fraction of sp³-hybridized carbons (Fsp3) is 0. The van der Waals surface area contributed by atoms with Gasteiger partial charge in [-0.2, -0.15) is 0 Å². The third-order valence-corrected chi connectivity index (χ3v) is 2.48. The van der Waals surface area contributed by atoms with Crippen molar-refractivity contribution in [3.63, 3.8) is 0 Å². The van der Waals surface area contributed by atoms with Gasteiger partial charge in [-0.05, 0) is 30.3 Å². The Balaban J connectivity index is 2.30. The predicted molar refractivity (Wildman–Crippen MR) is 63.3 cm³/mol. The third kappa shape index (κ3) is 2.65. The lowest BCUT2D eigenvalue weighted by molar-refractivity contribution is 0.112. The molecule has 0 aliphatic rings. The van der Waals surface area contributed by atoms with Gasteiger partial charge in [-0.15, -0.1) is 0 Å². The molecule has 18 heavy (non-hydrogen) atoms. The quantitative estimate of drug-likeness (QED) is 0.779. The van der Waals surface area contributed by atoms with Crippen LogP contribution in [0.4, 0.5) is 8.78 Å². The van der Waals surface area contributed by atoms with Crippen LogP contribution in [0.25, 0.3) is 0 Å². The van der Waals surface area contributed by atoms with Gasteiger partial charge in [0.15, 0.2) is 11.6 Å². The zero-order valence-electron chi connectivity index (χ0n) is 8.99. The van der Waals surface area contributed by atoms with E-state index < -0.39 is 11.6 Å². The summed E-state index contributed by atoms with van der Waals surface area (Å²) in [5.41, 5.74) is 0.466. The first-order valence-electron chi connectivity index (χ1n) is 4.98. The van der Waals surface area contributed by atoms with Gasteiger partial charge >= 0.3 is 0 Å². The molecule has 2 aromatic carbocycles. The largest absolute Gasteiger partial charge is 0.453 e. The zero-order chi connectivity index (χ0) is 13.1. The fourth-order valence-electron chi connectivity index (χ4n) is 1.36. The lowest BCUT2D eigenvalue weighted by Gasteiger charge is -2.08. The van der Waals surface area contributed by atoms with Crippen molar-refractivity contribution in [3.05, 3.63) is 58.6 Å². The highest BCUT2D eigenvalue weighted by molar-refractivity contribution is 6.32. The number of carbonyl (C=O) groups is 1. The Hall–Kier alpha value is -1.94. The van der Waals surface area contributed by atoms with Crippen LogP contribution in [0.1, 0.15) is 10.4 Å². The Morgan fingerprint density at radius 3 is 2.33 bits per heavy atom. The highest BCUT2D eigenvalue weighted by Gasteiger charge is 2.12. The number of hydrogen-bond donors (Lipinski definition) is 0. The molecule has 0 atom stereocenters. The zero-order valence-corrected chi connectivity index (χ0v) is 9.75. The van der Waals surface area contributed by atoms with Crippen molar-refractivity contribution in [2.75, 3.05) is 0 Å². The van der Waals surface area contributed by atoms with Gasteiger partial charge in [-0.1, -0.05) is 11.6 Å². The second-order valence-corrected chi connectivity index (χ2v) is 3.89. The number of halogens is 3. The minimum Gasteiger partial charge on any atom is -0.453 e. The maximum absolute atomic E-state index is 13.4. The van der Waals surface area contributed by atoms with Crippen LogP contribution in [0.2, 0.25) is 5.02 Å². The fourth-order valence-corrected chi connectivity index (χ4v) is 1.59. The minimum atomic E-state index is -0.889. The molecule has 92 valence electrons. The smallest absolute Gasteiger partial charge is 0.181 e. The van der Waals surface area contributed by atoms with E-state index >= 15 is 0 Å². The number of rotatable bonds is 3. The van der Waals surface area contributed by atoms with Gasteiger partial charge in [0, 0.05) is 11.6 Å². The second kappa shape index (κ2) is 5.14. The van der Waals surface area contributed by atoms with Crippen LogP contribution >= 0.6 is 11.6 Å². The summed E-state index contributed by atoms with van der Waals surface area (Å²) in [4.78, 5) is 10.5. The van der Waals surface area contributed by atoms with Crippen LogP contribution in [-0.4, -0.2) is 6.29 Å². The summed E-state index contributed by atoms with van der Waals surface area (Å²) in [6.45, 7) is 0. The Bertz CT molecular complexity index is 559. The predicted octanol–water partition coefficient (Wildman–Crippen LogP) is 4.22. The number of carbonyl (C=O) groups excluding carboxylic acids is 1. The molecule has 0 N–H and O–H groups in total. The Morgan fingerprint density at radius 2 is 1.78 bits per heavy atom. The van der Waals surface area contributed by atoms with Gasteiger partial charge < -0.3 is 4.74 Å². The van der Waals surface area contributed by atoms with Gasteiger partial charge in [-0.25, -0.2) is 8.78 Å². The highest BCUT2D eigenvalue weighted by atomic mass is 35.5. The van der Waals surface area contributed by atoms with Gasteiger partial charge in [0.1, 0.15) is 17.9 Å². The first-order valence-corrected chi connectivity index (χ1v) is 5.35. The van der Waals surface area contributed by atoms with E-state index in [1.807, 2.05) is 0 Å². The van der Waals surface area contributed by atoms with Crippen LogP contribution in [0, 0.1) is 11.6 Å². The third-order valence-electron chi connectivity index (χ3n) is 2.20. The van der Waals surface area contributed by atoms with E-state index in [1.54, 1.807) is 0 Å². The van der Waals surface area contributed by atoms with Crippen molar-refractivity contribution in [2.24, 2.45) is 0 Å². The van der Waals surface area contributed by atoms with Crippen molar-refractivity contribution in [3.8, 4) is 11.5 Å². The maximum atomic E-state index is 13.4. The summed E-state index contributed by atoms with van der Waals surface area (Å²) in [5, 5.41) is -0.160. The Labute approximate surface area is 107 Å². The monoisotopic (exact) mass is 268 g/mol. The molecule has 0 saturated heterocycles. The average molecular weight is 269 g/mol. The summed E-state index contributed by atoms with van der Waals surface area (Å²) in [6.07, 6.45) is 0.676. The van der Waals surface area contributed by atoms with Crippen molar-refractivity contribution in [2.45, 2.75) is 0 Å². The van der Waals surface area contributed by atoms with Crippen LogP contribution in [0.15, 0.2) is 36.4 Å². The number of ether oxygens (including phenoxy) is 1. The summed E-state index contributed by atoms with van der Waals surface area (Å²) in [7, 11) is 0. The van der Waals surface area contributed by atoms with Gasteiger partial charge in [0.05, 0.1) is 5.02 Å². The number of hydrogen-bond acceptors (Lipinski definition) is 2. The van der Waals surface area contributed by atoms with Crippen molar-refractivity contribution in [1.82, 2.24) is 0 Å². The second-order valence-electron chi connectivity index (χ2n) is 3.49. The lowest BCUT2D eigenvalue weighted by Crippen LogP contribution is -1.91. The molecule has 2 aromatic rings. The topological polar surface area (TPSA) is 26.3 Å². The standard InChI is InChI=1S/C13H7ClF2O2/c14-11-5-9(15)6-12(16)13(11)18-10-3-1-8(7-17)2-4-10/h1-7H. The first kappa shape index (κ1) is 12.5. The number of benzene rings is 2. The normalized spacial score (nSPS) is 10.2. The van der Waals surface area contributed by atoms with Crippen LogP contribution in [0.3, 0.4) is 0 Å². The molecule has 0 bridgehead atoms. The van der Waals surface area contributed by atoms with Crippen LogP contribution < -0.4 is 4.74 Å². The maximum Gasteiger partial charge on any atom is 0.181 e. The molecule has 0 saturated carbocycles. The van der Waals surface area contributed by atoms with Crippen LogP contribution in [0.5, 0.6) is 11.5 Å². The van der Waals surface area contributed by atoms with E-state index in [4.69, 9.17) is 16.3 Å². The molecule has 5 heteroatoms. The van der Waals surface area contributed by atoms with E-state index in [2.05, 4.69) is 0 Å². The molecule has 0 unspecified atom stereocenters. The highest BCUT2D eigenvalue weighted by Crippen LogP contribution is 2.32. The van der Waals surface area contributed by atoms with Crippen LogP contribution in [-0.2, 0) is 0 Å². The molecule has 0 radical (unpaired) electrons. The molecule has 2 rings (SSSR count). The SMILES string of the molecule is O=Cc1ccc(Oc2c(F)cc(F)cc2Cl)cc1. The molecular weight excluding hydrogens is 262 g/mol. The van der Waals surface area contributed by atoms with Gasteiger partial charge in [-0.3, -0.25) is 4.79 Å². The molecule has 0 amide bonds. The molecule has 0 fully saturated rings. The van der Waals surface area contributed by atoms with E-state index in [0.717, 1.165) is 6.07 Å². The van der Waals surface area contributed by atoms with Crippen molar-refractivity contribution in [1.29, 1.82) is 0 Å². The first-order chi connectivity index (χ1) is 8.60. The lowest BCUT2D eigenvalue weighted by atomic mass is 10.2. The van der Waals surface area contributed by atoms with E-state index in [9.17, 15) is 13.6 Å². The summed E-state index contributed by atoms with van der Waals surface area (Å²) in [6, 6.07) is 7.64. The van der Waals surface area contributed by atoms with E-state index in [1.165, 1.54) is 24.3 Å². The van der Waals surface area contributed by atoms with E-state index in [0.29, 0.717) is 23.7 Å². The number of aldehydes is 1. The molecule has 0 aliphatic carbocycles. The van der Waals surface area contributed by atoms with Crippen molar-refractivity contribution >= 4 is 17.9 Å².